The molecule has 0 aliphatic heterocycles. The fraction of sp³-hybridized carbons (Fsp3) is 0.444. The lowest BCUT2D eigenvalue weighted by molar-refractivity contribution is 0.233. The van der Waals surface area contributed by atoms with Crippen LogP contribution in [0.1, 0.15) is 13.8 Å². The molecule has 7 heteroatoms. The van der Waals surface area contributed by atoms with Crippen molar-refractivity contribution in [2.75, 3.05) is 11.9 Å². The number of nitrogens with one attached hydrogen (secondary N) is 1. The van der Waals surface area contributed by atoms with Crippen molar-refractivity contribution in [3.63, 3.8) is 0 Å². The second-order valence-electron chi connectivity index (χ2n) is 3.86. The van der Waals surface area contributed by atoms with Crippen molar-refractivity contribution in [2.45, 2.75) is 19.4 Å². The van der Waals surface area contributed by atoms with Crippen molar-refractivity contribution in [3.8, 4) is 0 Å². The minimum atomic E-state index is -1.74. The summed E-state index contributed by atoms with van der Waals surface area (Å²) >= 11 is 0. The molecule has 1 aromatic rings. The molecule has 0 aliphatic rings. The van der Waals surface area contributed by atoms with E-state index < -0.39 is 41.4 Å². The normalized spacial score (nSPS) is 11.7. The van der Waals surface area contributed by atoms with Crippen LogP contribution < -0.4 is 5.32 Å². The van der Waals surface area contributed by atoms with Crippen molar-refractivity contribution < 1.29 is 22.7 Å². The van der Waals surface area contributed by atoms with Crippen LogP contribution in [0.25, 0.3) is 0 Å². The molecule has 3 nitrogen and oxygen atoms in total. The first-order valence-electron chi connectivity index (χ1n) is 4.37. The number of hydrogen-bond donors (Lipinski definition) is 2. The molecule has 0 atom stereocenters. The quantitative estimate of drug-likeness (QED) is 0.623. The number of halogens is 4. The summed E-state index contributed by atoms with van der Waals surface area (Å²) in [6, 6.07) is 0. The summed E-state index contributed by atoms with van der Waals surface area (Å²) in [6.45, 7) is 2.33. The summed E-state index contributed by atoms with van der Waals surface area (Å²) in [4.78, 5) is 2.40. The first-order chi connectivity index (χ1) is 7.28. The van der Waals surface area contributed by atoms with Gasteiger partial charge in [-0.05, 0) is 13.8 Å². The van der Waals surface area contributed by atoms with Crippen LogP contribution in [0.15, 0.2) is 0 Å². The summed E-state index contributed by atoms with van der Waals surface area (Å²) in [5.74, 6) is -6.73. The van der Waals surface area contributed by atoms with E-state index in [1.807, 2.05) is 0 Å². The van der Waals surface area contributed by atoms with E-state index in [1.165, 1.54) is 13.8 Å². The zero-order chi connectivity index (χ0) is 12.5. The predicted octanol–water partition coefficient (Wildman–Crippen LogP) is 1.82. The lowest BCUT2D eigenvalue weighted by Gasteiger charge is -2.25. The Morgan fingerprint density at radius 3 is 1.94 bits per heavy atom. The highest BCUT2D eigenvalue weighted by atomic mass is 19.2. The number of hydrogen-bond acceptors (Lipinski definition) is 3. The van der Waals surface area contributed by atoms with Crippen LogP contribution in [0, 0.1) is 23.5 Å². The molecule has 0 aliphatic carbocycles. The van der Waals surface area contributed by atoms with Crippen LogP contribution in [0.3, 0.4) is 0 Å². The third-order valence-corrected chi connectivity index (χ3v) is 1.86. The largest absolute Gasteiger partial charge is 0.394 e. The van der Waals surface area contributed by atoms with E-state index in [0.717, 1.165) is 0 Å². The number of nitrogens with zero attached hydrogens (tertiary/aromatic N) is 1. The Morgan fingerprint density at radius 2 is 1.56 bits per heavy atom. The van der Waals surface area contributed by atoms with Crippen LogP contribution >= 0.6 is 0 Å². The van der Waals surface area contributed by atoms with Gasteiger partial charge in [0.2, 0.25) is 11.6 Å². The van der Waals surface area contributed by atoms with Crippen molar-refractivity contribution in [3.05, 3.63) is 23.5 Å². The van der Waals surface area contributed by atoms with Crippen LogP contribution in [0.5, 0.6) is 0 Å². The smallest absolute Gasteiger partial charge is 0.253 e. The number of aliphatic hydroxyl groups excluding tert-OH is 1. The molecule has 0 aromatic carbocycles. The van der Waals surface area contributed by atoms with Crippen molar-refractivity contribution in [2.24, 2.45) is 0 Å². The lowest BCUT2D eigenvalue weighted by atomic mass is 10.1. The lowest BCUT2D eigenvalue weighted by Crippen LogP contribution is -2.36. The molecule has 0 saturated carbocycles. The minimum Gasteiger partial charge on any atom is -0.394 e. The van der Waals surface area contributed by atoms with Crippen molar-refractivity contribution >= 4 is 5.69 Å². The van der Waals surface area contributed by atoms with Gasteiger partial charge in [-0.2, -0.15) is 22.5 Å². The highest BCUT2D eigenvalue weighted by molar-refractivity contribution is 5.47. The minimum absolute atomic E-state index is 0.475. The second-order valence-corrected chi connectivity index (χ2v) is 3.86. The van der Waals surface area contributed by atoms with E-state index in [9.17, 15) is 17.6 Å². The summed E-state index contributed by atoms with van der Waals surface area (Å²) in [7, 11) is 0. The number of aliphatic hydroxyl groups is 1. The molecular weight excluding hydrogens is 228 g/mol. The molecule has 0 bridgehead atoms. The number of aromatic nitrogens is 1. The van der Waals surface area contributed by atoms with Gasteiger partial charge in [-0.3, -0.25) is 0 Å². The Labute approximate surface area is 89.1 Å². The standard InChI is InChI=1S/C9H10F4N2O/c1-9(2,3-16)15-6-4(10)7(12)14-8(13)5(6)11/h16H,3H2,1-2H3,(H,14,15). The SMILES string of the molecule is CC(C)(CO)Nc1c(F)c(F)nc(F)c1F. The Morgan fingerprint density at radius 1 is 1.12 bits per heavy atom. The molecule has 1 heterocycles. The van der Waals surface area contributed by atoms with Crippen LogP contribution in [0.2, 0.25) is 0 Å². The summed E-state index contributed by atoms with van der Waals surface area (Å²) in [5.41, 5.74) is -2.11. The third-order valence-electron chi connectivity index (χ3n) is 1.86. The zero-order valence-corrected chi connectivity index (χ0v) is 8.61. The molecule has 16 heavy (non-hydrogen) atoms. The summed E-state index contributed by atoms with van der Waals surface area (Å²) < 4.78 is 51.6. The highest BCUT2D eigenvalue weighted by Crippen LogP contribution is 2.24. The zero-order valence-electron chi connectivity index (χ0n) is 8.61. The molecule has 2 N–H and O–H groups in total. The van der Waals surface area contributed by atoms with Gasteiger partial charge in [-0.15, -0.1) is 0 Å². The monoisotopic (exact) mass is 238 g/mol. The molecule has 0 spiro atoms. The van der Waals surface area contributed by atoms with Gasteiger partial charge in [0.25, 0.3) is 11.9 Å². The molecule has 1 rings (SSSR count). The number of rotatable bonds is 3. The second kappa shape index (κ2) is 4.25. The highest BCUT2D eigenvalue weighted by Gasteiger charge is 2.25. The van der Waals surface area contributed by atoms with E-state index in [1.54, 1.807) is 0 Å². The van der Waals surface area contributed by atoms with Gasteiger partial charge in [0.05, 0.1) is 12.1 Å². The molecule has 0 unspecified atom stereocenters. The topological polar surface area (TPSA) is 45.1 Å². The van der Waals surface area contributed by atoms with Gasteiger partial charge in [-0.1, -0.05) is 0 Å². The number of pyridine rings is 1. The van der Waals surface area contributed by atoms with Gasteiger partial charge in [0.1, 0.15) is 5.69 Å². The maximum Gasteiger partial charge on any atom is 0.253 e. The molecule has 0 radical (unpaired) electrons. The average molecular weight is 238 g/mol. The Balaban J connectivity index is 3.23. The fourth-order valence-electron chi connectivity index (χ4n) is 0.975. The van der Waals surface area contributed by atoms with Crippen LogP contribution in [0.4, 0.5) is 23.2 Å². The summed E-state index contributed by atoms with van der Waals surface area (Å²) in [6.07, 6.45) is 0. The number of anilines is 1. The average Bonchev–Trinajstić information content (AvgIpc) is 2.22. The Hall–Kier alpha value is -1.37. The first kappa shape index (κ1) is 12.7. The molecule has 0 saturated heterocycles. The molecule has 90 valence electrons. The van der Waals surface area contributed by atoms with E-state index in [0.29, 0.717) is 0 Å². The first-order valence-corrected chi connectivity index (χ1v) is 4.37. The van der Waals surface area contributed by atoms with Gasteiger partial charge < -0.3 is 10.4 Å². The van der Waals surface area contributed by atoms with Gasteiger partial charge in [-0.25, -0.2) is 0 Å². The predicted molar refractivity (Wildman–Crippen MR) is 48.9 cm³/mol. The van der Waals surface area contributed by atoms with Gasteiger partial charge in [0.15, 0.2) is 0 Å². The Kier molecular flexibility index (Phi) is 3.37. The van der Waals surface area contributed by atoms with Crippen LogP contribution in [-0.4, -0.2) is 22.2 Å². The molecule has 0 fully saturated rings. The van der Waals surface area contributed by atoms with E-state index >= 15 is 0 Å². The van der Waals surface area contributed by atoms with Crippen molar-refractivity contribution in [1.82, 2.24) is 4.98 Å². The Bertz CT molecular complexity index is 383. The van der Waals surface area contributed by atoms with Gasteiger partial charge in [0, 0.05) is 0 Å². The van der Waals surface area contributed by atoms with Crippen LogP contribution in [-0.2, 0) is 0 Å². The molecule has 1 aromatic heterocycles. The maximum absolute atomic E-state index is 13.1. The van der Waals surface area contributed by atoms with Crippen molar-refractivity contribution in [1.29, 1.82) is 0 Å². The maximum atomic E-state index is 13.1. The van der Waals surface area contributed by atoms with Gasteiger partial charge >= 0.3 is 0 Å². The fourth-order valence-corrected chi connectivity index (χ4v) is 0.975. The summed E-state index contributed by atoms with van der Waals surface area (Å²) in [5, 5.41) is 11.0. The van der Waals surface area contributed by atoms with E-state index in [-0.39, 0.29) is 0 Å². The molecule has 0 amide bonds. The molecular formula is C9H10F4N2O. The van der Waals surface area contributed by atoms with E-state index in [2.05, 4.69) is 10.3 Å². The van der Waals surface area contributed by atoms with E-state index in [4.69, 9.17) is 5.11 Å². The third kappa shape index (κ3) is 2.41.